The van der Waals surface area contributed by atoms with E-state index in [1.54, 1.807) is 35.0 Å². The Morgan fingerprint density at radius 2 is 1.93 bits per heavy atom. The van der Waals surface area contributed by atoms with Crippen LogP contribution in [0.2, 0.25) is 0 Å². The molecule has 1 aromatic heterocycles. The first kappa shape index (κ1) is 19.4. The molecule has 1 fully saturated rings. The van der Waals surface area contributed by atoms with Crippen LogP contribution in [0.1, 0.15) is 49.6 Å². The topological polar surface area (TPSA) is 74.3 Å². The zero-order valence-corrected chi connectivity index (χ0v) is 16.3. The van der Waals surface area contributed by atoms with E-state index in [4.69, 9.17) is 10.00 Å². The number of imidazole rings is 1. The molecule has 6 heteroatoms. The molecule has 0 bridgehead atoms. The molecule has 0 saturated carbocycles. The molecule has 1 saturated heterocycles. The van der Waals surface area contributed by atoms with Crippen LogP contribution in [0.3, 0.4) is 0 Å². The van der Waals surface area contributed by atoms with Gasteiger partial charge in [-0.15, -0.1) is 0 Å². The van der Waals surface area contributed by atoms with Gasteiger partial charge in [0.25, 0.3) is 6.01 Å². The van der Waals surface area contributed by atoms with Gasteiger partial charge in [0, 0.05) is 13.1 Å². The standard InChI is InChI=1S/C21H28N4O2/c1-15(2)25-10-8-17(9-11-25)14-27-21-23-13-19(24(21)3)20(26)18-6-4-16(12-22)5-7-18/h4-7,13,15,17,20,26H,8-11,14H2,1-3H3. The van der Waals surface area contributed by atoms with E-state index in [2.05, 4.69) is 29.8 Å². The first-order chi connectivity index (χ1) is 13.0. The van der Waals surface area contributed by atoms with Gasteiger partial charge in [-0.2, -0.15) is 5.26 Å². The van der Waals surface area contributed by atoms with Gasteiger partial charge in [-0.25, -0.2) is 4.98 Å². The highest BCUT2D eigenvalue weighted by atomic mass is 16.5. The van der Waals surface area contributed by atoms with E-state index >= 15 is 0 Å². The second kappa shape index (κ2) is 8.55. The minimum absolute atomic E-state index is 0.531. The fourth-order valence-electron chi connectivity index (χ4n) is 3.53. The molecule has 0 spiro atoms. The van der Waals surface area contributed by atoms with Gasteiger partial charge in [0.2, 0.25) is 0 Å². The number of rotatable bonds is 6. The zero-order chi connectivity index (χ0) is 19.4. The Balaban J connectivity index is 1.59. The van der Waals surface area contributed by atoms with Crippen molar-refractivity contribution in [3.8, 4) is 12.1 Å². The Hall–Kier alpha value is -2.36. The Morgan fingerprint density at radius 1 is 1.26 bits per heavy atom. The molecule has 144 valence electrons. The highest BCUT2D eigenvalue weighted by molar-refractivity contribution is 5.35. The van der Waals surface area contributed by atoms with Crippen molar-refractivity contribution in [1.29, 1.82) is 5.26 Å². The predicted octanol–water partition coefficient (Wildman–Crippen LogP) is 2.87. The Kier molecular flexibility index (Phi) is 6.15. The van der Waals surface area contributed by atoms with Gasteiger partial charge in [-0.3, -0.25) is 4.57 Å². The van der Waals surface area contributed by atoms with Crippen LogP contribution >= 0.6 is 0 Å². The molecule has 0 radical (unpaired) electrons. The van der Waals surface area contributed by atoms with E-state index in [0.717, 1.165) is 31.5 Å². The van der Waals surface area contributed by atoms with Crippen molar-refractivity contribution in [3.05, 3.63) is 47.3 Å². The van der Waals surface area contributed by atoms with Gasteiger partial charge < -0.3 is 14.7 Å². The van der Waals surface area contributed by atoms with Crippen LogP contribution in [0.15, 0.2) is 30.5 Å². The molecule has 1 aliphatic heterocycles. The predicted molar refractivity (Wildman–Crippen MR) is 103 cm³/mol. The van der Waals surface area contributed by atoms with Gasteiger partial charge in [0.05, 0.1) is 30.1 Å². The molecule has 1 atom stereocenters. The van der Waals surface area contributed by atoms with Crippen LogP contribution in [0, 0.1) is 17.2 Å². The van der Waals surface area contributed by atoms with Crippen molar-refractivity contribution in [3.63, 3.8) is 0 Å². The highest BCUT2D eigenvalue weighted by Gasteiger charge is 2.23. The zero-order valence-electron chi connectivity index (χ0n) is 16.3. The summed E-state index contributed by atoms with van der Waals surface area (Å²) in [4.78, 5) is 6.84. The number of nitrogens with zero attached hydrogens (tertiary/aromatic N) is 4. The largest absolute Gasteiger partial charge is 0.464 e. The maximum absolute atomic E-state index is 10.6. The number of aromatic nitrogens is 2. The van der Waals surface area contributed by atoms with Crippen molar-refractivity contribution < 1.29 is 9.84 Å². The minimum Gasteiger partial charge on any atom is -0.464 e. The number of hydrogen-bond acceptors (Lipinski definition) is 5. The summed E-state index contributed by atoms with van der Waals surface area (Å²) < 4.78 is 7.75. The summed E-state index contributed by atoms with van der Waals surface area (Å²) in [6, 6.07) is 10.2. The van der Waals surface area contributed by atoms with Crippen LogP contribution < -0.4 is 4.74 Å². The van der Waals surface area contributed by atoms with Crippen molar-refractivity contribution in [1.82, 2.24) is 14.5 Å². The molecule has 0 amide bonds. The molecule has 1 N–H and O–H groups in total. The number of piperidine rings is 1. The molecule has 1 unspecified atom stereocenters. The van der Waals surface area contributed by atoms with Crippen molar-refractivity contribution in [2.75, 3.05) is 19.7 Å². The van der Waals surface area contributed by atoms with E-state index in [1.165, 1.54) is 0 Å². The molecule has 3 rings (SSSR count). The van der Waals surface area contributed by atoms with E-state index in [9.17, 15) is 5.11 Å². The van der Waals surface area contributed by atoms with Crippen LogP contribution in [-0.4, -0.2) is 45.3 Å². The highest BCUT2D eigenvalue weighted by Crippen LogP contribution is 2.26. The third kappa shape index (κ3) is 4.49. The maximum atomic E-state index is 10.6. The van der Waals surface area contributed by atoms with E-state index in [0.29, 0.717) is 35.8 Å². The molecule has 27 heavy (non-hydrogen) atoms. The van der Waals surface area contributed by atoms with Crippen molar-refractivity contribution in [2.24, 2.45) is 13.0 Å². The van der Waals surface area contributed by atoms with Gasteiger partial charge >= 0.3 is 0 Å². The third-order valence-corrected chi connectivity index (χ3v) is 5.44. The Labute approximate surface area is 161 Å². The SMILES string of the molecule is CC(C)N1CCC(COc2ncc(C(O)c3ccc(C#N)cc3)n2C)CC1. The molecular weight excluding hydrogens is 340 g/mol. The molecule has 1 aliphatic rings. The average Bonchev–Trinajstić information content (AvgIpc) is 3.06. The smallest absolute Gasteiger partial charge is 0.296 e. The molecule has 2 heterocycles. The van der Waals surface area contributed by atoms with E-state index in [-0.39, 0.29) is 0 Å². The fourth-order valence-corrected chi connectivity index (χ4v) is 3.53. The minimum atomic E-state index is -0.804. The van der Waals surface area contributed by atoms with Crippen LogP contribution in [0.5, 0.6) is 6.01 Å². The van der Waals surface area contributed by atoms with Gasteiger partial charge in [0.1, 0.15) is 6.10 Å². The lowest BCUT2D eigenvalue weighted by molar-refractivity contribution is 0.114. The Bertz CT molecular complexity index is 784. The normalized spacial score (nSPS) is 17.0. The number of likely N-dealkylation sites (tertiary alicyclic amines) is 1. The second-order valence-electron chi connectivity index (χ2n) is 7.55. The summed E-state index contributed by atoms with van der Waals surface area (Å²) in [5, 5.41) is 19.5. The number of hydrogen-bond donors (Lipinski definition) is 1. The maximum Gasteiger partial charge on any atom is 0.296 e. The molecule has 6 nitrogen and oxygen atoms in total. The average molecular weight is 368 g/mol. The monoisotopic (exact) mass is 368 g/mol. The van der Waals surface area contributed by atoms with E-state index < -0.39 is 6.10 Å². The number of aliphatic hydroxyl groups excluding tert-OH is 1. The summed E-state index contributed by atoms with van der Waals surface area (Å²) in [6.45, 7) is 7.38. The summed E-state index contributed by atoms with van der Waals surface area (Å²) in [7, 11) is 1.85. The molecule has 1 aromatic carbocycles. The van der Waals surface area contributed by atoms with Gasteiger partial charge in [-0.05, 0) is 63.4 Å². The van der Waals surface area contributed by atoms with Crippen molar-refractivity contribution in [2.45, 2.75) is 38.8 Å². The quantitative estimate of drug-likeness (QED) is 0.849. The van der Waals surface area contributed by atoms with Crippen LogP contribution in [0.4, 0.5) is 0 Å². The summed E-state index contributed by atoms with van der Waals surface area (Å²) in [5.74, 6) is 0.545. The van der Waals surface area contributed by atoms with Crippen LogP contribution in [-0.2, 0) is 7.05 Å². The first-order valence-corrected chi connectivity index (χ1v) is 9.56. The van der Waals surface area contributed by atoms with E-state index in [1.807, 2.05) is 7.05 Å². The first-order valence-electron chi connectivity index (χ1n) is 9.56. The lowest BCUT2D eigenvalue weighted by atomic mass is 9.97. The number of benzene rings is 1. The second-order valence-corrected chi connectivity index (χ2v) is 7.55. The lowest BCUT2D eigenvalue weighted by Gasteiger charge is -2.34. The number of aliphatic hydroxyl groups is 1. The summed E-state index contributed by atoms with van der Waals surface area (Å²) >= 11 is 0. The molecular formula is C21H28N4O2. The van der Waals surface area contributed by atoms with Crippen LogP contribution in [0.25, 0.3) is 0 Å². The fraction of sp³-hybridized carbons (Fsp3) is 0.524. The van der Waals surface area contributed by atoms with Crippen molar-refractivity contribution >= 4 is 0 Å². The number of nitriles is 1. The third-order valence-electron chi connectivity index (χ3n) is 5.44. The molecule has 0 aliphatic carbocycles. The summed E-state index contributed by atoms with van der Waals surface area (Å²) in [5.41, 5.74) is 1.97. The number of ether oxygens (including phenoxy) is 1. The summed E-state index contributed by atoms with van der Waals surface area (Å²) in [6.07, 6.45) is 3.13. The molecule has 2 aromatic rings. The Morgan fingerprint density at radius 3 is 2.52 bits per heavy atom. The van der Waals surface area contributed by atoms with Gasteiger partial charge in [0.15, 0.2) is 0 Å². The van der Waals surface area contributed by atoms with Gasteiger partial charge in [-0.1, -0.05) is 12.1 Å². The lowest BCUT2D eigenvalue weighted by Crippen LogP contribution is -2.39.